The zero-order valence-corrected chi connectivity index (χ0v) is 9.48. The summed E-state index contributed by atoms with van der Waals surface area (Å²) in [6.07, 6.45) is -2.25. The van der Waals surface area contributed by atoms with E-state index in [0.29, 0.717) is 0 Å². The first-order chi connectivity index (χ1) is 8.91. The number of pyridine rings is 1. The second kappa shape index (κ2) is 4.72. The van der Waals surface area contributed by atoms with E-state index in [1.54, 1.807) is 0 Å². The second-order valence-electron chi connectivity index (χ2n) is 3.77. The van der Waals surface area contributed by atoms with Gasteiger partial charge < -0.3 is 5.11 Å². The lowest BCUT2D eigenvalue weighted by atomic mass is 9.96. The van der Waals surface area contributed by atoms with Crippen LogP contribution in [0.5, 0.6) is 0 Å². The Balaban J connectivity index is 2.70. The first kappa shape index (κ1) is 13.1. The third-order valence-electron chi connectivity index (χ3n) is 2.57. The van der Waals surface area contributed by atoms with Crippen LogP contribution in [0.25, 0.3) is 11.1 Å². The summed E-state index contributed by atoms with van der Waals surface area (Å²) in [5, 5.41) is 9.00. The molecule has 2 aromatic rings. The van der Waals surface area contributed by atoms with Crippen molar-refractivity contribution in [3.63, 3.8) is 0 Å². The van der Waals surface area contributed by atoms with Gasteiger partial charge in [-0.15, -0.1) is 0 Å². The molecule has 1 aromatic heterocycles. The second-order valence-corrected chi connectivity index (χ2v) is 3.77. The molecule has 0 unspecified atom stereocenters. The molecule has 6 heteroatoms. The Morgan fingerprint density at radius 1 is 1.11 bits per heavy atom. The highest BCUT2D eigenvalue weighted by Crippen LogP contribution is 2.37. The highest BCUT2D eigenvalue weighted by atomic mass is 19.4. The maximum Gasteiger partial charge on any atom is 0.417 e. The average Bonchev–Trinajstić information content (AvgIpc) is 2.37. The van der Waals surface area contributed by atoms with Crippen LogP contribution in [0.4, 0.5) is 13.2 Å². The van der Waals surface area contributed by atoms with Crippen molar-refractivity contribution >= 4 is 5.97 Å². The summed E-state index contributed by atoms with van der Waals surface area (Å²) >= 11 is 0. The average molecular weight is 267 g/mol. The minimum atomic E-state index is -4.55. The summed E-state index contributed by atoms with van der Waals surface area (Å²) in [6.45, 7) is 0. The molecule has 0 atom stereocenters. The number of hydrogen-bond donors (Lipinski definition) is 1. The molecule has 2 rings (SSSR count). The fourth-order valence-electron chi connectivity index (χ4n) is 1.76. The quantitative estimate of drug-likeness (QED) is 0.906. The third kappa shape index (κ3) is 2.57. The number of carbonyl (C=O) groups is 1. The van der Waals surface area contributed by atoms with Crippen molar-refractivity contribution in [1.29, 1.82) is 0 Å². The van der Waals surface area contributed by atoms with Gasteiger partial charge in [-0.1, -0.05) is 18.2 Å². The Labute approximate surface area is 106 Å². The number of nitrogens with zero attached hydrogens (tertiary/aromatic N) is 1. The molecule has 98 valence electrons. The Morgan fingerprint density at radius 3 is 2.42 bits per heavy atom. The molecule has 0 spiro atoms. The van der Waals surface area contributed by atoms with Gasteiger partial charge in [0.15, 0.2) is 0 Å². The van der Waals surface area contributed by atoms with Crippen LogP contribution in [-0.4, -0.2) is 16.1 Å². The normalized spacial score (nSPS) is 11.3. The SMILES string of the molecule is O=C(O)c1cnccc1-c1ccccc1C(F)(F)F. The lowest BCUT2D eigenvalue weighted by molar-refractivity contribution is -0.137. The van der Waals surface area contributed by atoms with E-state index < -0.39 is 17.7 Å². The van der Waals surface area contributed by atoms with Crippen molar-refractivity contribution in [2.75, 3.05) is 0 Å². The maximum absolute atomic E-state index is 12.9. The van der Waals surface area contributed by atoms with Crippen molar-refractivity contribution in [2.45, 2.75) is 6.18 Å². The topological polar surface area (TPSA) is 50.2 Å². The van der Waals surface area contributed by atoms with E-state index in [0.717, 1.165) is 12.3 Å². The lowest BCUT2D eigenvalue weighted by Gasteiger charge is -2.13. The van der Waals surface area contributed by atoms with Crippen LogP contribution in [0.2, 0.25) is 0 Å². The molecule has 0 aliphatic carbocycles. The van der Waals surface area contributed by atoms with Crippen molar-refractivity contribution in [3.05, 3.63) is 53.9 Å². The molecule has 0 radical (unpaired) electrons. The summed E-state index contributed by atoms with van der Waals surface area (Å²) in [5.41, 5.74) is -1.31. The van der Waals surface area contributed by atoms with Crippen LogP contribution in [0.1, 0.15) is 15.9 Å². The van der Waals surface area contributed by atoms with Crippen molar-refractivity contribution in [1.82, 2.24) is 4.98 Å². The van der Waals surface area contributed by atoms with E-state index >= 15 is 0 Å². The molecule has 0 aliphatic heterocycles. The van der Waals surface area contributed by atoms with Gasteiger partial charge in [-0.3, -0.25) is 4.98 Å². The molecule has 1 heterocycles. The third-order valence-corrected chi connectivity index (χ3v) is 2.57. The van der Waals surface area contributed by atoms with E-state index in [1.165, 1.54) is 30.5 Å². The van der Waals surface area contributed by atoms with Crippen molar-refractivity contribution < 1.29 is 23.1 Å². The highest BCUT2D eigenvalue weighted by molar-refractivity contribution is 5.96. The predicted octanol–water partition coefficient (Wildman–Crippen LogP) is 3.47. The Kier molecular flexibility index (Phi) is 3.25. The van der Waals surface area contributed by atoms with Gasteiger partial charge in [0, 0.05) is 12.4 Å². The summed E-state index contributed by atoms with van der Waals surface area (Å²) in [4.78, 5) is 14.7. The monoisotopic (exact) mass is 267 g/mol. The molecule has 0 aliphatic rings. The molecule has 1 N–H and O–H groups in total. The molecule has 0 bridgehead atoms. The standard InChI is InChI=1S/C13H8F3NO2/c14-13(15,16)11-4-2-1-3-9(11)8-5-6-17-7-10(8)12(18)19/h1-7H,(H,18,19). The van der Waals surface area contributed by atoms with Gasteiger partial charge >= 0.3 is 12.1 Å². The minimum absolute atomic E-state index is 0.00424. The van der Waals surface area contributed by atoms with Crippen LogP contribution in [-0.2, 0) is 6.18 Å². The molecule has 19 heavy (non-hydrogen) atoms. The smallest absolute Gasteiger partial charge is 0.417 e. The Bertz CT molecular complexity index is 623. The zero-order chi connectivity index (χ0) is 14.0. The number of rotatable bonds is 2. The van der Waals surface area contributed by atoms with E-state index in [1.807, 2.05) is 0 Å². The fourth-order valence-corrected chi connectivity index (χ4v) is 1.76. The van der Waals surface area contributed by atoms with Gasteiger partial charge in [-0.2, -0.15) is 13.2 Å². The minimum Gasteiger partial charge on any atom is -0.478 e. The van der Waals surface area contributed by atoms with E-state index in [9.17, 15) is 18.0 Å². The van der Waals surface area contributed by atoms with Crippen LogP contribution in [0.15, 0.2) is 42.7 Å². The predicted molar refractivity (Wildman–Crippen MR) is 61.6 cm³/mol. The summed E-state index contributed by atoms with van der Waals surface area (Å²) < 4.78 is 38.7. The number of carboxylic acid groups (broad SMARTS) is 1. The van der Waals surface area contributed by atoms with E-state index in [4.69, 9.17) is 5.11 Å². The van der Waals surface area contributed by atoms with Crippen LogP contribution < -0.4 is 0 Å². The zero-order valence-electron chi connectivity index (χ0n) is 9.48. The van der Waals surface area contributed by atoms with Crippen molar-refractivity contribution in [3.8, 4) is 11.1 Å². The van der Waals surface area contributed by atoms with Crippen LogP contribution in [0.3, 0.4) is 0 Å². The number of carboxylic acids is 1. The van der Waals surface area contributed by atoms with Crippen LogP contribution >= 0.6 is 0 Å². The maximum atomic E-state index is 12.9. The summed E-state index contributed by atoms with van der Waals surface area (Å²) in [5.74, 6) is -1.32. The van der Waals surface area contributed by atoms with Crippen LogP contribution in [0, 0.1) is 0 Å². The highest BCUT2D eigenvalue weighted by Gasteiger charge is 2.34. The molecule has 0 fully saturated rings. The lowest BCUT2D eigenvalue weighted by Crippen LogP contribution is -2.09. The fraction of sp³-hybridized carbons (Fsp3) is 0.0769. The molecule has 0 saturated heterocycles. The molecule has 0 amide bonds. The van der Waals surface area contributed by atoms with Gasteiger partial charge in [0.2, 0.25) is 0 Å². The largest absolute Gasteiger partial charge is 0.478 e. The number of benzene rings is 1. The number of aromatic nitrogens is 1. The molecular formula is C13H8F3NO2. The molecular weight excluding hydrogens is 259 g/mol. The number of halogens is 3. The number of hydrogen-bond acceptors (Lipinski definition) is 2. The van der Waals surface area contributed by atoms with Gasteiger partial charge in [-0.05, 0) is 23.3 Å². The van der Waals surface area contributed by atoms with Crippen molar-refractivity contribution in [2.24, 2.45) is 0 Å². The van der Waals surface area contributed by atoms with Gasteiger partial charge in [0.05, 0.1) is 11.1 Å². The Morgan fingerprint density at radius 2 is 1.79 bits per heavy atom. The number of aromatic carboxylic acids is 1. The summed E-state index contributed by atoms with van der Waals surface area (Å²) in [7, 11) is 0. The van der Waals surface area contributed by atoms with Gasteiger partial charge in [0.25, 0.3) is 0 Å². The Hall–Kier alpha value is -2.37. The van der Waals surface area contributed by atoms with E-state index in [2.05, 4.69) is 4.98 Å². The molecule has 1 aromatic carbocycles. The number of alkyl halides is 3. The van der Waals surface area contributed by atoms with Gasteiger partial charge in [0.1, 0.15) is 0 Å². The van der Waals surface area contributed by atoms with Gasteiger partial charge in [-0.25, -0.2) is 4.79 Å². The summed E-state index contributed by atoms with van der Waals surface area (Å²) in [6, 6.07) is 6.10. The molecule has 0 saturated carbocycles. The first-order valence-corrected chi connectivity index (χ1v) is 5.25. The first-order valence-electron chi connectivity index (χ1n) is 5.25. The molecule has 3 nitrogen and oxygen atoms in total. The van der Waals surface area contributed by atoms with E-state index in [-0.39, 0.29) is 16.7 Å².